The van der Waals surface area contributed by atoms with Crippen LogP contribution in [0.25, 0.3) is 27.6 Å². The summed E-state index contributed by atoms with van der Waals surface area (Å²) in [5.74, 6) is 10.00. The number of rotatable bonds is 16. The third-order valence-corrected chi connectivity index (χ3v) is 31.3. The highest BCUT2D eigenvalue weighted by atomic mass is 16.3. The Kier molecular flexibility index (Phi) is 18.5. The molecule has 0 saturated heterocycles. The van der Waals surface area contributed by atoms with Gasteiger partial charge in [-0.2, -0.15) is 0 Å². The van der Waals surface area contributed by atoms with Crippen molar-refractivity contribution in [3.05, 3.63) is 180 Å². The maximum Gasteiger partial charge on any atom is 0.142 e. The molecule has 0 spiro atoms. The summed E-state index contributed by atoms with van der Waals surface area (Å²) < 4.78 is 10.4. The van der Waals surface area contributed by atoms with E-state index in [2.05, 4.69) is 98.8 Å². The predicted octanol–water partition coefficient (Wildman–Crippen LogP) is 16.8. The Morgan fingerprint density at radius 1 is 0.351 bits per heavy atom. The topological polar surface area (TPSA) is 245 Å². The predicted molar refractivity (Wildman–Crippen MR) is 422 cm³/mol. The molecule has 18 heteroatoms. The number of fused-ring (bicyclic) bond motifs is 11. The summed E-state index contributed by atoms with van der Waals surface area (Å²) in [5, 5.41) is 75.7. The van der Waals surface area contributed by atoms with Crippen LogP contribution in [0.3, 0.4) is 0 Å². The van der Waals surface area contributed by atoms with E-state index in [0.29, 0.717) is 76.8 Å². The number of aliphatic hydroxyl groups excluding tert-OH is 7. The second-order valence-corrected chi connectivity index (χ2v) is 38.7. The molecule has 10 bridgehead atoms. The molecule has 0 amide bonds. The Hall–Kier alpha value is -7.16. The first-order valence-electron chi connectivity index (χ1n) is 43.7. The molecule has 10 aromatic heterocycles. The lowest BCUT2D eigenvalue weighted by Crippen LogP contribution is -2.46. The molecule has 0 radical (unpaired) electrons. The van der Waals surface area contributed by atoms with Crippen molar-refractivity contribution in [1.29, 1.82) is 0 Å². The smallest absolute Gasteiger partial charge is 0.142 e. The fraction of sp³-hybridized carbons (Fsp3) is 0.613. The van der Waals surface area contributed by atoms with Crippen LogP contribution in [0.15, 0.2) is 123 Å². The highest BCUT2D eigenvalue weighted by Crippen LogP contribution is 2.64. The Bertz CT molecular complexity index is 5050. The van der Waals surface area contributed by atoms with Gasteiger partial charge in [0.25, 0.3) is 0 Å². The lowest BCUT2D eigenvalue weighted by atomic mass is 9.48. The second kappa shape index (κ2) is 28.7. The molecule has 0 aliphatic heterocycles. The molecule has 16 fully saturated rings. The van der Waals surface area contributed by atoms with Gasteiger partial charge in [-0.3, -0.25) is 4.79 Å². The number of hydrogen-bond donors (Lipinski definition) is 7. The van der Waals surface area contributed by atoms with Gasteiger partial charge >= 0.3 is 0 Å². The van der Waals surface area contributed by atoms with Gasteiger partial charge in [-0.1, -0.05) is 43.2 Å². The Morgan fingerprint density at radius 2 is 0.757 bits per heavy atom. The Balaban J connectivity index is 0.0000000880. The molecule has 584 valence electrons. The number of carbonyl (C=O) groups excluding carboxylic acids is 1. The molecule has 16 aliphatic rings. The van der Waals surface area contributed by atoms with Crippen LogP contribution in [0.5, 0.6) is 0 Å². The van der Waals surface area contributed by atoms with Crippen LogP contribution >= 0.6 is 0 Å². The van der Waals surface area contributed by atoms with Gasteiger partial charge < -0.3 is 57.7 Å². The Morgan fingerprint density at radius 3 is 1.14 bits per heavy atom. The summed E-state index contributed by atoms with van der Waals surface area (Å²) in [6.07, 6.45) is 52.6. The van der Waals surface area contributed by atoms with Gasteiger partial charge in [-0.15, -0.1) is 0 Å². The minimum Gasteiger partial charge on any atom is -0.393 e. The lowest BCUT2D eigenvalue weighted by Gasteiger charge is -2.57. The van der Waals surface area contributed by atoms with E-state index >= 15 is 0 Å². The van der Waals surface area contributed by atoms with Crippen LogP contribution in [-0.4, -0.2) is 101 Å². The summed E-state index contributed by atoms with van der Waals surface area (Å²) >= 11 is 0. The summed E-state index contributed by atoms with van der Waals surface area (Å²) in [5.41, 5.74) is 17.5. The van der Waals surface area contributed by atoms with Gasteiger partial charge in [0.1, 0.15) is 11.9 Å². The largest absolute Gasteiger partial charge is 0.393 e. The van der Waals surface area contributed by atoms with Crippen molar-refractivity contribution in [3.63, 3.8) is 0 Å². The molecule has 7 N–H and O–H groups in total. The van der Waals surface area contributed by atoms with E-state index in [1.165, 1.54) is 156 Å². The third kappa shape index (κ3) is 13.4. The van der Waals surface area contributed by atoms with Crippen molar-refractivity contribution in [2.24, 2.45) is 82.3 Å². The third-order valence-electron chi connectivity index (χ3n) is 31.3. The number of carbonyl (C=O) groups is 1. The summed E-state index contributed by atoms with van der Waals surface area (Å²) in [4.78, 5) is 33.9. The summed E-state index contributed by atoms with van der Waals surface area (Å²) in [6.45, 7) is 0. The van der Waals surface area contributed by atoms with Crippen molar-refractivity contribution in [1.82, 2.24) is 46.9 Å². The molecule has 10 aromatic rings. The summed E-state index contributed by atoms with van der Waals surface area (Å²) in [7, 11) is 0. The first-order valence-corrected chi connectivity index (χ1v) is 43.7. The van der Waals surface area contributed by atoms with Gasteiger partial charge in [-0.25, -0.2) is 24.9 Å². The van der Waals surface area contributed by atoms with E-state index in [1.807, 2.05) is 58.8 Å². The number of aromatic nitrogens is 10. The standard InChI is InChI=1S/C22H28N2O.C18H22N2O2.C18H20N2O2.C18H22N2O.C17H22N2O2/c25-20(11-22-8-14-5-15(9-22)7-16(6-14)10-22)21-19(17-1-2-17)4-3-18-12-23-13-24(18)21;21-16-7-11-5-12(16)6-15(11)18(22)17-14(10-1-2-10)4-3-13-8-19-9-20(13)17;21-17-12-4-3-11(7-12)15(17)18(22)16-14(10-1-2-10)6-5-13-8-19-9-20(13)16;21-18(16-8-11-1-2-13(16)7-11)17-15(12-3-4-12)6-5-14-9-19-10-20(14)17;20-14-3-1-2-12(8-14)17(21)16-15(11-4-5-11)7-6-13-9-18-10-19(13)16/h3-4,12-17,20,25H,1-2,5-11H2;3-4,8-12,15-16,18,21-22H,1-2,5-7H2;5-6,8-12,15,18,22H,1-4,7H2;5-6,9-13,16,18,21H,1-4,7-8H2;6-7,9-12,14,17,20-21H,1-5,8H2. The number of aliphatic hydroxyl groups is 7. The van der Waals surface area contributed by atoms with Gasteiger partial charge in [0, 0.05) is 5.92 Å². The highest BCUT2D eigenvalue weighted by Gasteiger charge is 2.54. The number of ketones is 1. The highest BCUT2D eigenvalue weighted by molar-refractivity contribution is 5.87. The molecule has 18 nitrogen and oxygen atoms in total. The normalized spacial score (nSPS) is 33.4. The summed E-state index contributed by atoms with van der Waals surface area (Å²) in [6, 6.07) is 21.6. The minimum absolute atomic E-state index is 0.139. The van der Waals surface area contributed by atoms with Gasteiger partial charge in [0.15, 0.2) is 0 Å². The van der Waals surface area contributed by atoms with E-state index in [-0.39, 0.29) is 42.2 Å². The zero-order valence-corrected chi connectivity index (χ0v) is 64.4. The van der Waals surface area contributed by atoms with Crippen LogP contribution in [0.1, 0.15) is 315 Å². The monoisotopic (exact) mass is 1500 g/mol. The SMILES string of the molecule is O=C1C2CCC(C2)C1C(O)c1c(C2CC2)ccc2cncn12.OC(CC12CC3CC(CC(C3)C1)C2)c1c(C2CC2)ccc2cncn12.OC(c1c(C2CC2)ccc2cncn12)C1CC2CCC1C2.OC1CC2CC1CC2C(O)c1c(C2CC2)ccc2cncn12.OC1CCCC(C(O)c2c(C3CC3)ccc3cncn23)C1. The van der Waals surface area contributed by atoms with Crippen molar-refractivity contribution in [3.8, 4) is 0 Å². The lowest BCUT2D eigenvalue weighted by molar-refractivity contribution is -0.129. The van der Waals surface area contributed by atoms with Crippen LogP contribution in [0.2, 0.25) is 0 Å². The van der Waals surface area contributed by atoms with E-state index in [4.69, 9.17) is 0 Å². The number of pyridine rings is 5. The molecule has 17 unspecified atom stereocenters. The quantitative estimate of drug-likeness (QED) is 0.0476. The molecule has 26 rings (SSSR count). The molecular formula is C93H114N10O8. The molecule has 16 saturated carbocycles. The van der Waals surface area contributed by atoms with Crippen molar-refractivity contribution in [2.75, 3.05) is 0 Å². The number of Topliss-reactive ketones (excluding diaryl/α,β-unsaturated/α-hetero) is 1. The number of hydrogen-bond acceptors (Lipinski definition) is 13. The van der Waals surface area contributed by atoms with E-state index in [9.17, 15) is 40.5 Å². The fourth-order valence-electron chi connectivity index (χ4n) is 25.7. The van der Waals surface area contributed by atoms with Crippen molar-refractivity contribution >= 4 is 33.4 Å². The first-order chi connectivity index (χ1) is 54.2. The Labute approximate surface area is 650 Å². The van der Waals surface area contributed by atoms with E-state index in [0.717, 1.165) is 150 Å². The molecule has 16 aliphatic carbocycles. The molecule has 17 atom stereocenters. The van der Waals surface area contributed by atoms with Gasteiger partial charge in [-0.05, 0) is 344 Å². The van der Waals surface area contributed by atoms with Gasteiger partial charge in [0.05, 0.1) is 161 Å². The van der Waals surface area contributed by atoms with Crippen LogP contribution in [0, 0.1) is 82.3 Å². The maximum atomic E-state index is 12.6. The van der Waals surface area contributed by atoms with Crippen LogP contribution in [0.4, 0.5) is 0 Å². The zero-order valence-electron chi connectivity index (χ0n) is 64.4. The fourth-order valence-corrected chi connectivity index (χ4v) is 25.7. The van der Waals surface area contributed by atoms with Gasteiger partial charge in [0.2, 0.25) is 0 Å². The van der Waals surface area contributed by atoms with E-state index in [1.54, 1.807) is 12.7 Å². The first kappa shape index (κ1) is 71.6. The minimum atomic E-state index is -0.684. The second-order valence-electron chi connectivity index (χ2n) is 38.7. The van der Waals surface area contributed by atoms with Crippen LogP contribution in [-0.2, 0) is 4.79 Å². The van der Waals surface area contributed by atoms with E-state index < -0.39 is 18.3 Å². The average Bonchev–Trinajstić information content (AvgIpc) is 1.12. The maximum absolute atomic E-state index is 12.6. The number of nitrogens with zero attached hydrogens (tertiary/aromatic N) is 10. The molecule has 10 heterocycles. The van der Waals surface area contributed by atoms with Crippen molar-refractivity contribution in [2.45, 2.75) is 271 Å². The molecular weight excluding hydrogens is 1390 g/mol. The van der Waals surface area contributed by atoms with Crippen molar-refractivity contribution < 1.29 is 40.5 Å². The average molecular weight is 1500 g/mol. The molecule has 111 heavy (non-hydrogen) atoms. The van der Waals surface area contributed by atoms with Crippen LogP contribution < -0.4 is 0 Å². The molecule has 0 aromatic carbocycles. The zero-order chi connectivity index (χ0) is 74.7. The number of imidazole rings is 5.